The highest BCUT2D eigenvalue weighted by molar-refractivity contribution is 5.86. The molecule has 1 atom stereocenters. The zero-order chi connectivity index (χ0) is 10.8. The van der Waals surface area contributed by atoms with E-state index >= 15 is 0 Å². The van der Waals surface area contributed by atoms with Crippen molar-refractivity contribution < 1.29 is 4.74 Å². The minimum atomic E-state index is -0.151. The molecule has 2 rings (SSSR count). The highest BCUT2D eigenvalue weighted by atomic mass is 16.5. The minimum absolute atomic E-state index is 0.151. The van der Waals surface area contributed by atoms with Gasteiger partial charge in [0, 0.05) is 17.6 Å². The lowest BCUT2D eigenvalue weighted by atomic mass is 10.2. The Bertz CT molecular complexity index is 464. The predicted molar refractivity (Wildman–Crippen MR) is 60.8 cm³/mol. The Morgan fingerprint density at radius 2 is 2.27 bits per heavy atom. The number of para-hydroxylation sites is 1. The molecule has 1 heterocycles. The largest absolute Gasteiger partial charge is 0.495 e. The van der Waals surface area contributed by atoms with E-state index in [2.05, 4.69) is 4.98 Å². The Morgan fingerprint density at radius 3 is 2.93 bits per heavy atom. The zero-order valence-corrected chi connectivity index (χ0v) is 8.66. The number of methoxy groups -OCH3 is 1. The molecule has 2 aromatic rings. The van der Waals surface area contributed by atoms with Gasteiger partial charge in [-0.3, -0.25) is 0 Å². The van der Waals surface area contributed by atoms with Crippen LogP contribution in [0, 0.1) is 0 Å². The van der Waals surface area contributed by atoms with Crippen molar-refractivity contribution in [2.75, 3.05) is 13.7 Å². The highest BCUT2D eigenvalue weighted by Gasteiger charge is 2.09. The number of hydrogen-bond acceptors (Lipinski definition) is 3. The van der Waals surface area contributed by atoms with Crippen molar-refractivity contribution in [3.8, 4) is 5.75 Å². The van der Waals surface area contributed by atoms with E-state index in [0.29, 0.717) is 6.54 Å². The van der Waals surface area contributed by atoms with Gasteiger partial charge in [-0.25, -0.2) is 0 Å². The second-order valence-electron chi connectivity index (χ2n) is 3.49. The van der Waals surface area contributed by atoms with E-state index in [-0.39, 0.29) is 6.04 Å². The molecule has 0 aliphatic heterocycles. The molecular weight excluding hydrogens is 190 g/mol. The van der Waals surface area contributed by atoms with Crippen LogP contribution in [0.2, 0.25) is 0 Å². The molecule has 0 fully saturated rings. The van der Waals surface area contributed by atoms with E-state index in [0.717, 1.165) is 22.3 Å². The lowest BCUT2D eigenvalue weighted by molar-refractivity contribution is 0.419. The number of nitrogens with two attached hydrogens (primary N) is 2. The van der Waals surface area contributed by atoms with Crippen LogP contribution in [-0.4, -0.2) is 18.6 Å². The molecule has 1 unspecified atom stereocenters. The topological polar surface area (TPSA) is 77.1 Å². The summed E-state index contributed by atoms with van der Waals surface area (Å²) in [4.78, 5) is 3.24. The van der Waals surface area contributed by atoms with E-state index < -0.39 is 0 Å². The zero-order valence-electron chi connectivity index (χ0n) is 8.66. The number of hydrogen-bond donors (Lipinski definition) is 3. The monoisotopic (exact) mass is 205 g/mol. The molecular formula is C11H15N3O. The van der Waals surface area contributed by atoms with Crippen molar-refractivity contribution in [3.63, 3.8) is 0 Å². The molecule has 80 valence electrons. The molecule has 0 aliphatic carbocycles. The molecule has 5 N–H and O–H groups in total. The molecule has 1 aromatic carbocycles. The van der Waals surface area contributed by atoms with Crippen molar-refractivity contribution in [1.82, 2.24) is 4.98 Å². The van der Waals surface area contributed by atoms with Gasteiger partial charge in [0.25, 0.3) is 0 Å². The van der Waals surface area contributed by atoms with E-state index in [9.17, 15) is 0 Å². The third-order valence-corrected chi connectivity index (χ3v) is 2.51. The molecule has 0 amide bonds. The molecule has 15 heavy (non-hydrogen) atoms. The first-order valence-electron chi connectivity index (χ1n) is 4.87. The fourth-order valence-electron chi connectivity index (χ4n) is 1.65. The van der Waals surface area contributed by atoms with Gasteiger partial charge in [-0.1, -0.05) is 12.1 Å². The lowest BCUT2D eigenvalue weighted by Crippen LogP contribution is -2.20. The molecule has 4 nitrogen and oxygen atoms in total. The average molecular weight is 205 g/mol. The molecule has 0 radical (unpaired) electrons. The Kier molecular flexibility index (Phi) is 2.62. The van der Waals surface area contributed by atoms with Crippen LogP contribution >= 0.6 is 0 Å². The Labute approximate surface area is 88.2 Å². The Hall–Kier alpha value is -1.52. The second-order valence-corrected chi connectivity index (χ2v) is 3.49. The van der Waals surface area contributed by atoms with E-state index in [4.69, 9.17) is 16.2 Å². The fraction of sp³-hybridized carbons (Fsp3) is 0.273. The van der Waals surface area contributed by atoms with Gasteiger partial charge >= 0.3 is 0 Å². The molecule has 4 heteroatoms. The van der Waals surface area contributed by atoms with Crippen molar-refractivity contribution >= 4 is 10.9 Å². The maximum atomic E-state index is 5.85. The first-order chi connectivity index (χ1) is 7.26. The number of fused-ring (bicyclic) bond motifs is 1. The molecule has 0 bridgehead atoms. The van der Waals surface area contributed by atoms with Gasteiger partial charge in [0.1, 0.15) is 5.75 Å². The number of rotatable bonds is 3. The molecule has 0 saturated carbocycles. The van der Waals surface area contributed by atoms with Crippen LogP contribution in [0.15, 0.2) is 24.3 Å². The van der Waals surface area contributed by atoms with Crippen LogP contribution in [0.5, 0.6) is 5.75 Å². The van der Waals surface area contributed by atoms with Gasteiger partial charge in [0.15, 0.2) is 0 Å². The third kappa shape index (κ3) is 1.69. The maximum absolute atomic E-state index is 5.85. The normalized spacial score (nSPS) is 13.0. The van der Waals surface area contributed by atoms with Crippen LogP contribution in [0.1, 0.15) is 11.7 Å². The van der Waals surface area contributed by atoms with Crippen LogP contribution in [-0.2, 0) is 0 Å². The molecule has 0 saturated heterocycles. The summed E-state index contributed by atoms with van der Waals surface area (Å²) in [7, 11) is 1.65. The summed E-state index contributed by atoms with van der Waals surface area (Å²) < 4.78 is 5.25. The summed E-state index contributed by atoms with van der Waals surface area (Å²) >= 11 is 0. The average Bonchev–Trinajstić information content (AvgIpc) is 2.71. The number of aromatic nitrogens is 1. The molecule has 0 aliphatic rings. The van der Waals surface area contributed by atoms with Crippen LogP contribution in [0.3, 0.4) is 0 Å². The van der Waals surface area contributed by atoms with Crippen LogP contribution in [0.25, 0.3) is 10.9 Å². The van der Waals surface area contributed by atoms with Crippen molar-refractivity contribution in [1.29, 1.82) is 0 Å². The smallest absolute Gasteiger partial charge is 0.142 e. The molecule has 0 spiro atoms. The summed E-state index contributed by atoms with van der Waals surface area (Å²) in [5.41, 5.74) is 13.3. The number of nitrogens with one attached hydrogen (secondary N) is 1. The van der Waals surface area contributed by atoms with Crippen molar-refractivity contribution in [2.24, 2.45) is 11.5 Å². The quantitative estimate of drug-likeness (QED) is 0.703. The van der Waals surface area contributed by atoms with Gasteiger partial charge in [-0.15, -0.1) is 0 Å². The van der Waals surface area contributed by atoms with E-state index in [1.165, 1.54) is 0 Å². The van der Waals surface area contributed by atoms with Gasteiger partial charge in [0.2, 0.25) is 0 Å². The van der Waals surface area contributed by atoms with E-state index in [1.54, 1.807) is 7.11 Å². The Morgan fingerprint density at radius 1 is 1.47 bits per heavy atom. The summed E-state index contributed by atoms with van der Waals surface area (Å²) in [6.45, 7) is 0.426. The predicted octanol–water partition coefficient (Wildman–Crippen LogP) is 1.14. The Balaban J connectivity index is 2.55. The minimum Gasteiger partial charge on any atom is -0.495 e. The summed E-state index contributed by atoms with van der Waals surface area (Å²) in [6.07, 6.45) is 0. The lowest BCUT2D eigenvalue weighted by Gasteiger charge is -2.04. The summed E-state index contributed by atoms with van der Waals surface area (Å²) in [5.74, 6) is 0.822. The van der Waals surface area contributed by atoms with Gasteiger partial charge in [0.05, 0.1) is 18.7 Å². The first-order valence-corrected chi connectivity index (χ1v) is 4.87. The maximum Gasteiger partial charge on any atom is 0.142 e. The number of aromatic amines is 1. The third-order valence-electron chi connectivity index (χ3n) is 2.51. The highest BCUT2D eigenvalue weighted by Crippen LogP contribution is 2.26. The SMILES string of the molecule is COc1cccc2cc(C(N)CN)[nH]c12. The molecule has 1 aromatic heterocycles. The van der Waals surface area contributed by atoms with Crippen molar-refractivity contribution in [3.05, 3.63) is 30.0 Å². The summed E-state index contributed by atoms with van der Waals surface area (Å²) in [6, 6.07) is 7.74. The fourth-order valence-corrected chi connectivity index (χ4v) is 1.65. The first kappa shape index (κ1) is 10.0. The van der Waals surface area contributed by atoms with Crippen LogP contribution < -0.4 is 16.2 Å². The van der Waals surface area contributed by atoms with Crippen molar-refractivity contribution in [2.45, 2.75) is 6.04 Å². The number of H-pyrrole nitrogens is 1. The number of ether oxygens (including phenoxy) is 1. The van der Waals surface area contributed by atoms with Crippen LogP contribution in [0.4, 0.5) is 0 Å². The standard InChI is InChI=1S/C11H15N3O/c1-15-10-4-2-3-7-5-9(8(13)6-12)14-11(7)10/h2-5,8,14H,6,12-13H2,1H3. The van der Waals surface area contributed by atoms with Gasteiger partial charge < -0.3 is 21.2 Å². The second kappa shape index (κ2) is 3.92. The summed E-state index contributed by atoms with van der Waals surface area (Å²) in [5, 5.41) is 1.09. The van der Waals surface area contributed by atoms with Gasteiger partial charge in [-0.2, -0.15) is 0 Å². The van der Waals surface area contributed by atoms with Gasteiger partial charge in [-0.05, 0) is 12.1 Å². The number of benzene rings is 1. The van der Waals surface area contributed by atoms with E-state index in [1.807, 2.05) is 24.3 Å².